The Balaban J connectivity index is 2.44. The van der Waals surface area contributed by atoms with Crippen LogP contribution < -0.4 is 9.47 Å². The van der Waals surface area contributed by atoms with Crippen molar-refractivity contribution >= 4 is 17.6 Å². The van der Waals surface area contributed by atoms with Gasteiger partial charge in [0.05, 0.1) is 18.8 Å². The van der Waals surface area contributed by atoms with Gasteiger partial charge in [-0.15, -0.1) is 0 Å². The van der Waals surface area contributed by atoms with Gasteiger partial charge in [-0.1, -0.05) is 31.2 Å². The number of ether oxygens (including phenoxy) is 2. The second-order valence-electron chi connectivity index (χ2n) is 5.66. The summed E-state index contributed by atoms with van der Waals surface area (Å²) in [5.74, 6) is 0.448. The Morgan fingerprint density at radius 3 is 2.52 bits per heavy atom. The summed E-state index contributed by atoms with van der Waals surface area (Å²) in [4.78, 5) is 11.8. The van der Waals surface area contributed by atoms with Crippen LogP contribution in [0.25, 0.3) is 11.6 Å². The Morgan fingerprint density at radius 1 is 1.12 bits per heavy atom. The van der Waals surface area contributed by atoms with Gasteiger partial charge in [0.15, 0.2) is 0 Å². The molecular weight excluding hydrogens is 316 g/mol. The highest BCUT2D eigenvalue weighted by molar-refractivity contribution is 6.21. The van der Waals surface area contributed by atoms with E-state index in [9.17, 15) is 9.90 Å². The third-order valence-electron chi connectivity index (χ3n) is 3.71. The molecule has 0 saturated heterocycles. The Morgan fingerprint density at radius 2 is 1.88 bits per heavy atom. The standard InChI is InChI=1S/C21H24O4/c1-4-12-25-17-10-11-18(15(3)13-17)19(21(22)23)14-16-8-6-7-9-20(16)24-5-2/h6-11,13-14H,4-5,12H2,1-3H3,(H,22,23)/b19-14-. The fourth-order valence-corrected chi connectivity index (χ4v) is 2.54. The number of hydrogen-bond acceptors (Lipinski definition) is 3. The van der Waals surface area contributed by atoms with Crippen LogP contribution in [-0.2, 0) is 4.79 Å². The molecule has 1 N–H and O–H groups in total. The maximum atomic E-state index is 11.8. The minimum atomic E-state index is -0.975. The third-order valence-corrected chi connectivity index (χ3v) is 3.71. The second kappa shape index (κ2) is 8.92. The second-order valence-corrected chi connectivity index (χ2v) is 5.66. The molecule has 2 aromatic carbocycles. The van der Waals surface area contributed by atoms with Gasteiger partial charge in [0.1, 0.15) is 11.5 Å². The maximum Gasteiger partial charge on any atom is 0.336 e. The molecule has 0 aliphatic carbocycles. The first-order chi connectivity index (χ1) is 12.1. The van der Waals surface area contributed by atoms with E-state index in [2.05, 4.69) is 0 Å². The van der Waals surface area contributed by atoms with Crippen LogP contribution in [0.1, 0.15) is 37.0 Å². The first-order valence-electron chi connectivity index (χ1n) is 8.47. The quantitative estimate of drug-likeness (QED) is 0.553. The molecule has 4 nitrogen and oxygen atoms in total. The SMILES string of the molecule is CCCOc1ccc(/C(=C/c2ccccc2OCC)C(=O)O)c(C)c1. The van der Waals surface area contributed by atoms with Crippen molar-refractivity contribution in [1.82, 2.24) is 0 Å². The van der Waals surface area contributed by atoms with Gasteiger partial charge < -0.3 is 14.6 Å². The van der Waals surface area contributed by atoms with Crippen LogP contribution in [-0.4, -0.2) is 24.3 Å². The van der Waals surface area contributed by atoms with Crippen molar-refractivity contribution in [3.8, 4) is 11.5 Å². The summed E-state index contributed by atoms with van der Waals surface area (Å²) >= 11 is 0. The number of rotatable bonds is 8. The highest BCUT2D eigenvalue weighted by Gasteiger charge is 2.15. The van der Waals surface area contributed by atoms with E-state index in [0.717, 1.165) is 23.3 Å². The van der Waals surface area contributed by atoms with Gasteiger partial charge >= 0.3 is 5.97 Å². The average molecular weight is 340 g/mol. The maximum absolute atomic E-state index is 11.8. The highest BCUT2D eigenvalue weighted by atomic mass is 16.5. The first-order valence-corrected chi connectivity index (χ1v) is 8.47. The van der Waals surface area contributed by atoms with E-state index in [1.54, 1.807) is 12.1 Å². The lowest BCUT2D eigenvalue weighted by molar-refractivity contribution is -0.130. The van der Waals surface area contributed by atoms with E-state index in [0.29, 0.717) is 24.5 Å². The van der Waals surface area contributed by atoms with Crippen molar-refractivity contribution in [3.63, 3.8) is 0 Å². The average Bonchev–Trinajstić information content (AvgIpc) is 2.60. The van der Waals surface area contributed by atoms with Crippen molar-refractivity contribution in [2.75, 3.05) is 13.2 Å². The molecule has 0 aromatic heterocycles. The summed E-state index contributed by atoms with van der Waals surface area (Å²) in [6.45, 7) is 7.00. The normalized spacial score (nSPS) is 11.2. The molecule has 2 aromatic rings. The lowest BCUT2D eigenvalue weighted by Gasteiger charge is -2.12. The van der Waals surface area contributed by atoms with Crippen LogP contribution in [0.4, 0.5) is 0 Å². The van der Waals surface area contributed by atoms with Crippen LogP contribution in [0.15, 0.2) is 42.5 Å². The van der Waals surface area contributed by atoms with E-state index in [-0.39, 0.29) is 5.57 Å². The van der Waals surface area contributed by atoms with Gasteiger partial charge in [-0.3, -0.25) is 0 Å². The molecule has 0 bridgehead atoms. The number of carboxylic acid groups (broad SMARTS) is 1. The van der Waals surface area contributed by atoms with Gasteiger partial charge in [-0.05, 0) is 55.7 Å². The smallest absolute Gasteiger partial charge is 0.336 e. The minimum Gasteiger partial charge on any atom is -0.494 e. The minimum absolute atomic E-state index is 0.228. The number of para-hydroxylation sites is 1. The zero-order valence-electron chi connectivity index (χ0n) is 14.9. The van der Waals surface area contributed by atoms with E-state index in [4.69, 9.17) is 9.47 Å². The summed E-state index contributed by atoms with van der Waals surface area (Å²) in [6, 6.07) is 12.9. The van der Waals surface area contributed by atoms with Gasteiger partial charge in [0, 0.05) is 5.56 Å². The lowest BCUT2D eigenvalue weighted by Crippen LogP contribution is -2.03. The summed E-state index contributed by atoms with van der Waals surface area (Å²) in [5, 5.41) is 9.70. The number of aryl methyl sites for hydroxylation is 1. The molecule has 0 unspecified atom stereocenters. The number of aliphatic carboxylic acids is 1. The molecule has 0 aliphatic heterocycles. The van der Waals surface area contributed by atoms with Crippen LogP contribution in [0.5, 0.6) is 11.5 Å². The topological polar surface area (TPSA) is 55.8 Å². The summed E-state index contributed by atoms with van der Waals surface area (Å²) in [7, 11) is 0. The Bertz CT molecular complexity index is 762. The van der Waals surface area contributed by atoms with Crippen molar-refractivity contribution in [1.29, 1.82) is 0 Å². The fraction of sp³-hybridized carbons (Fsp3) is 0.286. The molecule has 0 fully saturated rings. The fourth-order valence-electron chi connectivity index (χ4n) is 2.54. The predicted octanol–water partition coefficient (Wildman–Crippen LogP) is 4.81. The molecule has 0 heterocycles. The molecule has 2 rings (SSSR count). The number of benzene rings is 2. The Labute approximate surface area is 148 Å². The monoisotopic (exact) mass is 340 g/mol. The zero-order chi connectivity index (χ0) is 18.2. The van der Waals surface area contributed by atoms with Crippen molar-refractivity contribution in [3.05, 3.63) is 59.2 Å². The predicted molar refractivity (Wildman–Crippen MR) is 100 cm³/mol. The van der Waals surface area contributed by atoms with Crippen LogP contribution in [0.3, 0.4) is 0 Å². The molecule has 132 valence electrons. The highest BCUT2D eigenvalue weighted by Crippen LogP contribution is 2.28. The zero-order valence-corrected chi connectivity index (χ0v) is 14.9. The van der Waals surface area contributed by atoms with Crippen molar-refractivity contribution < 1.29 is 19.4 Å². The van der Waals surface area contributed by atoms with Gasteiger partial charge in [-0.25, -0.2) is 4.79 Å². The van der Waals surface area contributed by atoms with Gasteiger partial charge in [0.2, 0.25) is 0 Å². The lowest BCUT2D eigenvalue weighted by atomic mass is 9.98. The number of hydrogen-bond donors (Lipinski definition) is 1. The molecule has 0 spiro atoms. The van der Waals surface area contributed by atoms with Crippen LogP contribution in [0, 0.1) is 6.92 Å². The van der Waals surface area contributed by atoms with Gasteiger partial charge in [-0.2, -0.15) is 0 Å². The summed E-state index contributed by atoms with van der Waals surface area (Å²) < 4.78 is 11.2. The molecule has 0 radical (unpaired) electrons. The molecular formula is C21H24O4. The molecule has 0 atom stereocenters. The molecule has 0 amide bonds. The van der Waals surface area contributed by atoms with E-state index in [1.807, 2.05) is 57.2 Å². The summed E-state index contributed by atoms with van der Waals surface area (Å²) in [5.41, 5.74) is 2.50. The van der Waals surface area contributed by atoms with Crippen LogP contribution in [0.2, 0.25) is 0 Å². The van der Waals surface area contributed by atoms with Crippen LogP contribution >= 0.6 is 0 Å². The molecule has 25 heavy (non-hydrogen) atoms. The first kappa shape index (κ1) is 18.6. The number of carbonyl (C=O) groups is 1. The largest absolute Gasteiger partial charge is 0.494 e. The van der Waals surface area contributed by atoms with Crippen molar-refractivity contribution in [2.45, 2.75) is 27.2 Å². The molecule has 0 aliphatic rings. The Kier molecular flexibility index (Phi) is 6.63. The van der Waals surface area contributed by atoms with E-state index < -0.39 is 5.97 Å². The Hall–Kier alpha value is -2.75. The van der Waals surface area contributed by atoms with E-state index >= 15 is 0 Å². The molecule has 0 saturated carbocycles. The van der Waals surface area contributed by atoms with Crippen molar-refractivity contribution in [2.24, 2.45) is 0 Å². The molecule has 4 heteroatoms. The summed E-state index contributed by atoms with van der Waals surface area (Å²) in [6.07, 6.45) is 2.58. The third kappa shape index (κ3) is 4.86. The van der Waals surface area contributed by atoms with E-state index in [1.165, 1.54) is 0 Å². The van der Waals surface area contributed by atoms with Gasteiger partial charge in [0.25, 0.3) is 0 Å². The number of carboxylic acids is 1.